The number of imidazole rings is 1. The Hall–Kier alpha value is -4.34. The number of amides is 4. The third-order valence-corrected chi connectivity index (χ3v) is 6.81. The van der Waals surface area contributed by atoms with Gasteiger partial charge in [-0.1, -0.05) is 18.2 Å². The van der Waals surface area contributed by atoms with Crippen LogP contribution in [0, 0.1) is 0 Å². The molecule has 0 spiro atoms. The average molecular weight is 532 g/mol. The average Bonchev–Trinajstić information content (AvgIpc) is 3.33. The molecule has 204 valence electrons. The number of methoxy groups -OCH3 is 1. The number of hydrogen-bond acceptors (Lipinski definition) is 6. The van der Waals surface area contributed by atoms with Crippen molar-refractivity contribution in [3.63, 3.8) is 0 Å². The SMILES string of the molecule is COc1ccc(CN2C(=O)CCN(c3cnc4cc(C5=CCN(C(=O)OC(C)(C)C)CC5)ccn34)C2=O)cc1. The van der Waals surface area contributed by atoms with Crippen molar-refractivity contribution in [3.8, 4) is 5.75 Å². The van der Waals surface area contributed by atoms with Gasteiger partial charge < -0.3 is 14.4 Å². The largest absolute Gasteiger partial charge is 0.497 e. The van der Waals surface area contributed by atoms with Gasteiger partial charge in [-0.25, -0.2) is 14.6 Å². The van der Waals surface area contributed by atoms with Gasteiger partial charge in [-0.3, -0.25) is 19.0 Å². The van der Waals surface area contributed by atoms with Gasteiger partial charge in [0.2, 0.25) is 5.91 Å². The Bertz CT molecular complexity index is 1440. The lowest BCUT2D eigenvalue weighted by atomic mass is 10.0. The summed E-state index contributed by atoms with van der Waals surface area (Å²) in [5.41, 5.74) is 3.16. The first-order valence-electron chi connectivity index (χ1n) is 13.0. The molecule has 2 aliphatic rings. The lowest BCUT2D eigenvalue weighted by Gasteiger charge is -2.33. The minimum Gasteiger partial charge on any atom is -0.497 e. The standard InChI is InChI=1S/C29H33N5O5/c1-29(2,3)39-28(37)31-13-9-21(10-14-31)22-11-15-32-24(17-22)30-18-25(32)33-16-12-26(35)34(27(33)36)19-20-5-7-23(38-4)8-6-20/h5-9,11,15,17-18H,10,12-14,16,19H2,1-4H3. The highest BCUT2D eigenvalue weighted by molar-refractivity contribution is 6.05. The Morgan fingerprint density at radius 3 is 2.49 bits per heavy atom. The Kier molecular flexibility index (Phi) is 7.03. The Balaban J connectivity index is 1.31. The highest BCUT2D eigenvalue weighted by Crippen LogP contribution is 2.28. The molecule has 10 heteroatoms. The van der Waals surface area contributed by atoms with E-state index in [1.807, 2.05) is 73.8 Å². The topological polar surface area (TPSA) is 96.7 Å². The number of rotatable bonds is 5. The number of carbonyl (C=O) groups excluding carboxylic acids is 3. The van der Waals surface area contributed by atoms with Crippen molar-refractivity contribution in [1.29, 1.82) is 0 Å². The van der Waals surface area contributed by atoms with Crippen LogP contribution in [0.2, 0.25) is 0 Å². The van der Waals surface area contributed by atoms with Crippen LogP contribution in [0.4, 0.5) is 15.4 Å². The van der Waals surface area contributed by atoms with Crippen LogP contribution in [0.1, 0.15) is 44.7 Å². The minimum atomic E-state index is -0.528. The van der Waals surface area contributed by atoms with Gasteiger partial charge in [0.05, 0.1) is 19.9 Å². The number of fused-ring (bicyclic) bond motifs is 1. The number of imide groups is 1. The van der Waals surface area contributed by atoms with Crippen molar-refractivity contribution in [2.75, 3.05) is 31.6 Å². The Morgan fingerprint density at radius 1 is 1.05 bits per heavy atom. The number of ether oxygens (including phenoxy) is 2. The van der Waals surface area contributed by atoms with Crippen LogP contribution in [-0.2, 0) is 16.1 Å². The number of urea groups is 1. The second-order valence-corrected chi connectivity index (χ2v) is 10.7. The third kappa shape index (κ3) is 5.59. The number of benzene rings is 1. The van der Waals surface area contributed by atoms with Crippen LogP contribution in [0.25, 0.3) is 11.2 Å². The Morgan fingerprint density at radius 2 is 1.82 bits per heavy atom. The van der Waals surface area contributed by atoms with E-state index in [-0.39, 0.29) is 37.5 Å². The first-order chi connectivity index (χ1) is 18.6. The summed E-state index contributed by atoms with van der Waals surface area (Å²) in [6, 6.07) is 10.9. The zero-order chi connectivity index (χ0) is 27.7. The highest BCUT2D eigenvalue weighted by Gasteiger charge is 2.34. The van der Waals surface area contributed by atoms with Gasteiger partial charge in [0.1, 0.15) is 22.8 Å². The molecule has 2 aliphatic heterocycles. The van der Waals surface area contributed by atoms with Crippen LogP contribution in [0.3, 0.4) is 0 Å². The quantitative estimate of drug-likeness (QED) is 0.473. The van der Waals surface area contributed by atoms with Crippen LogP contribution in [0.5, 0.6) is 5.75 Å². The predicted molar refractivity (Wildman–Crippen MR) is 146 cm³/mol. The van der Waals surface area contributed by atoms with E-state index in [2.05, 4.69) is 4.98 Å². The van der Waals surface area contributed by atoms with E-state index >= 15 is 0 Å². The van der Waals surface area contributed by atoms with E-state index in [0.717, 1.165) is 16.7 Å². The summed E-state index contributed by atoms with van der Waals surface area (Å²) in [6.07, 6.45) is 6.23. The smallest absolute Gasteiger partial charge is 0.410 e. The van der Waals surface area contributed by atoms with E-state index in [9.17, 15) is 14.4 Å². The summed E-state index contributed by atoms with van der Waals surface area (Å²) >= 11 is 0. The number of nitrogens with zero attached hydrogens (tertiary/aromatic N) is 5. The van der Waals surface area contributed by atoms with Crippen molar-refractivity contribution in [2.45, 2.75) is 45.8 Å². The number of aromatic nitrogens is 2. The highest BCUT2D eigenvalue weighted by atomic mass is 16.6. The first-order valence-corrected chi connectivity index (χ1v) is 13.0. The molecule has 0 aliphatic carbocycles. The van der Waals surface area contributed by atoms with Crippen LogP contribution in [-0.4, -0.2) is 69.6 Å². The normalized spacial score (nSPS) is 16.5. The zero-order valence-electron chi connectivity index (χ0n) is 22.7. The fraction of sp³-hybridized carbons (Fsp3) is 0.379. The summed E-state index contributed by atoms with van der Waals surface area (Å²) < 4.78 is 12.5. The fourth-order valence-electron chi connectivity index (χ4n) is 4.76. The zero-order valence-corrected chi connectivity index (χ0v) is 22.7. The first kappa shape index (κ1) is 26.3. The lowest BCUT2D eigenvalue weighted by molar-refractivity contribution is -0.129. The van der Waals surface area contributed by atoms with Gasteiger partial charge in [0.15, 0.2) is 0 Å². The molecule has 0 bridgehead atoms. The molecule has 1 saturated heterocycles. The van der Waals surface area contributed by atoms with Crippen molar-refractivity contribution in [2.24, 2.45) is 0 Å². The van der Waals surface area contributed by atoms with Gasteiger partial charge in [0, 0.05) is 32.3 Å². The van der Waals surface area contributed by atoms with Crippen molar-refractivity contribution in [1.82, 2.24) is 19.2 Å². The second-order valence-electron chi connectivity index (χ2n) is 10.7. The van der Waals surface area contributed by atoms with E-state index in [1.54, 1.807) is 23.1 Å². The molecule has 0 radical (unpaired) electrons. The molecular formula is C29H33N5O5. The molecule has 4 heterocycles. The molecule has 39 heavy (non-hydrogen) atoms. The molecule has 2 aromatic heterocycles. The van der Waals surface area contributed by atoms with Crippen LogP contribution in [0.15, 0.2) is 54.9 Å². The van der Waals surface area contributed by atoms with Crippen LogP contribution < -0.4 is 9.64 Å². The predicted octanol–water partition coefficient (Wildman–Crippen LogP) is 4.73. The molecule has 4 amide bonds. The summed E-state index contributed by atoms with van der Waals surface area (Å²) in [5.74, 6) is 1.13. The molecule has 1 aromatic carbocycles. The van der Waals surface area contributed by atoms with Crippen molar-refractivity contribution in [3.05, 3.63) is 66.0 Å². The molecule has 1 fully saturated rings. The van der Waals surface area contributed by atoms with E-state index < -0.39 is 5.60 Å². The lowest BCUT2D eigenvalue weighted by Crippen LogP contribution is -2.52. The van der Waals surface area contributed by atoms with Crippen LogP contribution >= 0.6 is 0 Å². The molecule has 5 rings (SSSR count). The molecule has 0 atom stereocenters. The summed E-state index contributed by atoms with van der Waals surface area (Å²) in [4.78, 5) is 47.6. The summed E-state index contributed by atoms with van der Waals surface area (Å²) in [6.45, 7) is 7.11. The van der Waals surface area contributed by atoms with Gasteiger partial charge in [0.25, 0.3) is 0 Å². The number of anilines is 1. The monoisotopic (exact) mass is 531 g/mol. The molecule has 0 N–H and O–H groups in total. The minimum absolute atomic E-state index is 0.188. The van der Waals surface area contributed by atoms with E-state index in [4.69, 9.17) is 9.47 Å². The second kappa shape index (κ2) is 10.4. The van der Waals surface area contributed by atoms with E-state index in [0.29, 0.717) is 36.7 Å². The molecule has 3 aromatic rings. The maximum absolute atomic E-state index is 13.4. The number of pyridine rings is 1. The molecule has 0 saturated carbocycles. The van der Waals surface area contributed by atoms with Gasteiger partial charge in [-0.15, -0.1) is 0 Å². The molecule has 10 nitrogen and oxygen atoms in total. The van der Waals surface area contributed by atoms with Crippen molar-refractivity contribution < 1.29 is 23.9 Å². The van der Waals surface area contributed by atoms with E-state index in [1.165, 1.54) is 4.90 Å². The van der Waals surface area contributed by atoms with Crippen molar-refractivity contribution >= 4 is 35.1 Å². The Labute approximate surface area is 227 Å². The number of hydrogen-bond donors (Lipinski definition) is 0. The maximum Gasteiger partial charge on any atom is 0.410 e. The van der Waals surface area contributed by atoms with Gasteiger partial charge >= 0.3 is 12.1 Å². The third-order valence-electron chi connectivity index (χ3n) is 6.81. The maximum atomic E-state index is 13.4. The summed E-state index contributed by atoms with van der Waals surface area (Å²) in [5, 5.41) is 0. The van der Waals surface area contributed by atoms with Gasteiger partial charge in [-0.05, 0) is 68.2 Å². The molecular weight excluding hydrogens is 498 g/mol. The number of carbonyl (C=O) groups is 3. The van der Waals surface area contributed by atoms with Gasteiger partial charge in [-0.2, -0.15) is 0 Å². The fourth-order valence-corrected chi connectivity index (χ4v) is 4.76. The summed E-state index contributed by atoms with van der Waals surface area (Å²) in [7, 11) is 1.59. The molecule has 0 unspecified atom stereocenters.